The molecule has 0 saturated heterocycles. The molecule has 3 aromatic rings. The van der Waals surface area contributed by atoms with Gasteiger partial charge in [-0.25, -0.2) is 8.42 Å². The van der Waals surface area contributed by atoms with Gasteiger partial charge in [-0.3, -0.25) is 9.52 Å². The summed E-state index contributed by atoms with van der Waals surface area (Å²) in [6, 6.07) is 18.7. The lowest BCUT2D eigenvalue weighted by atomic mass is 10.2. The van der Waals surface area contributed by atoms with Crippen LogP contribution in [0.25, 0.3) is 6.08 Å². The van der Waals surface area contributed by atoms with Crippen LogP contribution in [-0.4, -0.2) is 28.0 Å². The molecule has 0 aromatic heterocycles. The number of alkyl halides is 2. The van der Waals surface area contributed by atoms with Crippen LogP contribution in [-0.2, 0) is 21.4 Å². The molecule has 0 spiro atoms. The van der Waals surface area contributed by atoms with Gasteiger partial charge >= 0.3 is 6.61 Å². The van der Waals surface area contributed by atoms with E-state index in [-0.39, 0.29) is 17.2 Å². The number of carbonyl (C=O) groups is 1. The third-order valence-electron chi connectivity index (χ3n) is 4.61. The molecule has 0 fully saturated rings. The predicted octanol–water partition coefficient (Wildman–Crippen LogP) is 4.43. The first-order chi connectivity index (χ1) is 16.3. The monoisotopic (exact) mass is 488 g/mol. The van der Waals surface area contributed by atoms with E-state index < -0.39 is 22.5 Å². The van der Waals surface area contributed by atoms with Gasteiger partial charge in [-0.05, 0) is 42.0 Å². The van der Waals surface area contributed by atoms with Crippen LogP contribution in [0.1, 0.15) is 11.1 Å². The van der Waals surface area contributed by atoms with E-state index in [1.54, 1.807) is 54.6 Å². The SMILES string of the molecule is COc1ccccc1NS(=O)(=O)c1ccc(/C=C/C(=O)NCc2ccccc2OC(F)F)cc1. The zero-order valence-corrected chi connectivity index (χ0v) is 18.9. The highest BCUT2D eigenvalue weighted by atomic mass is 32.2. The number of benzene rings is 3. The fraction of sp³-hybridized carbons (Fsp3) is 0.125. The third kappa shape index (κ3) is 6.79. The highest BCUT2D eigenvalue weighted by Gasteiger charge is 2.16. The average molecular weight is 489 g/mol. The number of sulfonamides is 1. The number of anilines is 1. The number of hydrogen-bond donors (Lipinski definition) is 2. The van der Waals surface area contributed by atoms with Gasteiger partial charge in [0.25, 0.3) is 10.0 Å². The molecular formula is C24H22F2N2O5S. The minimum atomic E-state index is -3.84. The van der Waals surface area contributed by atoms with E-state index in [2.05, 4.69) is 14.8 Å². The van der Waals surface area contributed by atoms with E-state index in [9.17, 15) is 22.0 Å². The van der Waals surface area contributed by atoms with Gasteiger partial charge in [0.2, 0.25) is 5.91 Å². The largest absolute Gasteiger partial charge is 0.495 e. The number of methoxy groups -OCH3 is 1. The lowest BCUT2D eigenvalue weighted by Crippen LogP contribution is -2.21. The molecule has 10 heteroatoms. The van der Waals surface area contributed by atoms with Crippen LogP contribution in [0.2, 0.25) is 0 Å². The average Bonchev–Trinajstić information content (AvgIpc) is 2.82. The molecule has 0 atom stereocenters. The minimum absolute atomic E-state index is 0.00212. The summed E-state index contributed by atoms with van der Waals surface area (Å²) in [6.45, 7) is -2.97. The number of nitrogens with one attached hydrogen (secondary N) is 2. The van der Waals surface area contributed by atoms with Crippen LogP contribution < -0.4 is 19.5 Å². The normalized spacial score (nSPS) is 11.4. The number of amides is 1. The number of hydrogen-bond acceptors (Lipinski definition) is 5. The van der Waals surface area contributed by atoms with Gasteiger partial charge in [-0.15, -0.1) is 0 Å². The summed E-state index contributed by atoms with van der Waals surface area (Å²) in [5.41, 5.74) is 1.31. The maximum absolute atomic E-state index is 12.7. The summed E-state index contributed by atoms with van der Waals surface area (Å²) in [6.07, 6.45) is 2.76. The molecule has 0 unspecified atom stereocenters. The van der Waals surface area contributed by atoms with Gasteiger partial charge in [0.1, 0.15) is 11.5 Å². The second kappa shape index (κ2) is 11.3. The van der Waals surface area contributed by atoms with Crippen LogP contribution in [0.3, 0.4) is 0 Å². The molecule has 34 heavy (non-hydrogen) atoms. The number of halogens is 2. The molecule has 7 nitrogen and oxygen atoms in total. The quantitative estimate of drug-likeness (QED) is 0.412. The van der Waals surface area contributed by atoms with Gasteiger partial charge in [0.05, 0.1) is 17.7 Å². The fourth-order valence-electron chi connectivity index (χ4n) is 2.96. The summed E-state index contributed by atoms with van der Waals surface area (Å²) < 4.78 is 62.4. The number of ether oxygens (including phenoxy) is 2. The Bertz CT molecular complexity index is 1260. The van der Waals surface area contributed by atoms with Crippen molar-refractivity contribution in [2.45, 2.75) is 18.1 Å². The molecule has 0 radical (unpaired) electrons. The Morgan fingerprint density at radius 3 is 2.29 bits per heavy atom. The zero-order valence-electron chi connectivity index (χ0n) is 18.1. The number of rotatable bonds is 10. The zero-order chi connectivity index (χ0) is 24.6. The molecule has 1 amide bonds. The predicted molar refractivity (Wildman–Crippen MR) is 124 cm³/mol. The van der Waals surface area contributed by atoms with Crippen molar-refractivity contribution in [3.8, 4) is 11.5 Å². The van der Waals surface area contributed by atoms with Crippen molar-refractivity contribution in [1.29, 1.82) is 0 Å². The molecule has 0 saturated carbocycles. The summed E-state index contributed by atoms with van der Waals surface area (Å²) in [5.74, 6) is -0.0817. The molecule has 2 N–H and O–H groups in total. The Hall–Kier alpha value is -3.92. The highest BCUT2D eigenvalue weighted by molar-refractivity contribution is 7.92. The van der Waals surface area contributed by atoms with E-state index >= 15 is 0 Å². The molecule has 0 heterocycles. The van der Waals surface area contributed by atoms with Crippen LogP contribution in [0.4, 0.5) is 14.5 Å². The third-order valence-corrected chi connectivity index (χ3v) is 5.99. The minimum Gasteiger partial charge on any atom is -0.495 e. The Kier molecular flexibility index (Phi) is 8.20. The Morgan fingerprint density at radius 1 is 0.971 bits per heavy atom. The van der Waals surface area contributed by atoms with E-state index in [4.69, 9.17) is 4.74 Å². The molecule has 3 aromatic carbocycles. The molecule has 0 bridgehead atoms. The Morgan fingerprint density at radius 2 is 1.62 bits per heavy atom. The van der Waals surface area contributed by atoms with Crippen LogP contribution in [0.5, 0.6) is 11.5 Å². The smallest absolute Gasteiger partial charge is 0.387 e. The first kappa shape index (κ1) is 24.7. The molecule has 178 valence electrons. The number of carbonyl (C=O) groups excluding carboxylic acids is 1. The second-order valence-electron chi connectivity index (χ2n) is 6.91. The number of para-hydroxylation sites is 3. The van der Waals surface area contributed by atoms with Crippen LogP contribution in [0, 0.1) is 0 Å². The summed E-state index contributed by atoms with van der Waals surface area (Å²) in [4.78, 5) is 12.1. The first-order valence-corrected chi connectivity index (χ1v) is 11.5. The van der Waals surface area contributed by atoms with Crippen LogP contribution >= 0.6 is 0 Å². The van der Waals surface area contributed by atoms with Crippen molar-refractivity contribution in [3.63, 3.8) is 0 Å². The topological polar surface area (TPSA) is 93.7 Å². The summed E-state index contributed by atoms with van der Waals surface area (Å²) >= 11 is 0. The standard InChI is InChI=1S/C24H22F2N2O5S/c1-32-22-9-5-3-7-20(22)28-34(30,31)19-13-10-17(11-14-19)12-15-23(29)27-16-18-6-2-4-8-21(18)33-24(25)26/h2-15,24,28H,16H2,1H3,(H,27,29)/b15-12+. The molecule has 0 aliphatic heterocycles. The lowest BCUT2D eigenvalue weighted by molar-refractivity contribution is -0.116. The van der Waals surface area contributed by atoms with Gasteiger partial charge < -0.3 is 14.8 Å². The molecular weight excluding hydrogens is 466 g/mol. The van der Waals surface area contributed by atoms with Gasteiger partial charge in [0, 0.05) is 18.2 Å². The lowest BCUT2D eigenvalue weighted by Gasteiger charge is -2.11. The summed E-state index contributed by atoms with van der Waals surface area (Å²) in [7, 11) is -2.40. The van der Waals surface area contributed by atoms with Crippen molar-refractivity contribution >= 4 is 27.7 Å². The van der Waals surface area contributed by atoms with Crippen molar-refractivity contribution in [2.24, 2.45) is 0 Å². The van der Waals surface area contributed by atoms with Gasteiger partial charge in [-0.1, -0.05) is 42.5 Å². The van der Waals surface area contributed by atoms with Crippen molar-refractivity contribution in [2.75, 3.05) is 11.8 Å². The highest BCUT2D eigenvalue weighted by Crippen LogP contribution is 2.26. The van der Waals surface area contributed by atoms with E-state index in [1.165, 1.54) is 37.5 Å². The van der Waals surface area contributed by atoms with Crippen molar-refractivity contribution < 1.29 is 31.5 Å². The van der Waals surface area contributed by atoms with Gasteiger partial charge in [0.15, 0.2) is 0 Å². The van der Waals surface area contributed by atoms with Gasteiger partial charge in [-0.2, -0.15) is 8.78 Å². The molecule has 3 rings (SSSR count). The van der Waals surface area contributed by atoms with Crippen molar-refractivity contribution in [1.82, 2.24) is 5.32 Å². The Labute approximate surface area is 196 Å². The molecule has 0 aliphatic rings. The van der Waals surface area contributed by atoms with E-state index in [1.807, 2.05) is 0 Å². The Balaban J connectivity index is 1.61. The van der Waals surface area contributed by atoms with E-state index in [0.717, 1.165) is 0 Å². The maximum Gasteiger partial charge on any atom is 0.387 e. The van der Waals surface area contributed by atoms with Crippen LogP contribution in [0.15, 0.2) is 83.8 Å². The van der Waals surface area contributed by atoms with E-state index in [0.29, 0.717) is 22.6 Å². The molecule has 0 aliphatic carbocycles. The van der Waals surface area contributed by atoms with Crippen molar-refractivity contribution in [3.05, 3.63) is 90.0 Å². The second-order valence-corrected chi connectivity index (χ2v) is 8.59. The first-order valence-electron chi connectivity index (χ1n) is 10.0. The maximum atomic E-state index is 12.7. The summed E-state index contributed by atoms with van der Waals surface area (Å²) in [5, 5.41) is 2.59. The fourth-order valence-corrected chi connectivity index (χ4v) is 4.04.